The summed E-state index contributed by atoms with van der Waals surface area (Å²) < 4.78 is 22.7. The molecule has 2 rings (SSSR count). The number of benzene rings is 1. The third-order valence-corrected chi connectivity index (χ3v) is 5.86. The van der Waals surface area contributed by atoms with Crippen molar-refractivity contribution in [3.05, 3.63) is 24.3 Å². The molecular formula is C13H19NO3S2. The molecule has 4 nitrogen and oxygen atoms in total. The molecule has 0 bridgehead atoms. The predicted octanol–water partition coefficient (Wildman–Crippen LogP) is 1.76. The molecular weight excluding hydrogens is 282 g/mol. The third-order valence-electron chi connectivity index (χ3n) is 3.47. The zero-order chi connectivity index (χ0) is 13.9. The van der Waals surface area contributed by atoms with Crippen molar-refractivity contribution in [1.82, 2.24) is 0 Å². The number of sulfone groups is 1. The van der Waals surface area contributed by atoms with E-state index >= 15 is 0 Å². The fourth-order valence-electron chi connectivity index (χ4n) is 2.07. The van der Waals surface area contributed by atoms with Crippen LogP contribution in [0.3, 0.4) is 0 Å². The van der Waals surface area contributed by atoms with Gasteiger partial charge in [-0.25, -0.2) is 8.42 Å². The molecule has 1 heterocycles. The van der Waals surface area contributed by atoms with Gasteiger partial charge in [0.1, 0.15) is 0 Å². The van der Waals surface area contributed by atoms with E-state index in [1.54, 1.807) is 11.8 Å². The van der Waals surface area contributed by atoms with Crippen LogP contribution < -0.4 is 5.32 Å². The summed E-state index contributed by atoms with van der Waals surface area (Å²) in [6, 6.07) is 7.97. The fourth-order valence-corrected chi connectivity index (χ4v) is 4.06. The highest BCUT2D eigenvalue weighted by molar-refractivity contribution is 7.98. The van der Waals surface area contributed by atoms with Gasteiger partial charge in [-0.05, 0) is 43.4 Å². The summed E-state index contributed by atoms with van der Waals surface area (Å²) in [5, 5.41) is 13.5. The van der Waals surface area contributed by atoms with E-state index in [1.807, 2.05) is 30.5 Å². The molecule has 0 aliphatic carbocycles. The number of aliphatic hydroxyl groups is 1. The van der Waals surface area contributed by atoms with Gasteiger partial charge in [-0.1, -0.05) is 0 Å². The number of nitrogens with one attached hydrogen (secondary N) is 1. The van der Waals surface area contributed by atoms with Crippen molar-refractivity contribution < 1.29 is 13.5 Å². The van der Waals surface area contributed by atoms with Crippen LogP contribution in [0, 0.1) is 0 Å². The standard InChI is InChI=1S/C13H19NO3S2/c1-18-12-4-2-11(3-5-12)14-10-13(15)6-8-19(16,17)9-7-13/h2-5,14-15H,6-10H2,1H3. The van der Waals surface area contributed by atoms with Gasteiger partial charge in [0.2, 0.25) is 0 Å². The quantitative estimate of drug-likeness (QED) is 0.830. The highest BCUT2D eigenvalue weighted by Crippen LogP contribution is 2.25. The molecule has 1 aromatic rings. The Labute approximate surface area is 118 Å². The van der Waals surface area contributed by atoms with Crippen LogP contribution in [-0.4, -0.2) is 43.4 Å². The lowest BCUT2D eigenvalue weighted by molar-refractivity contribution is 0.0436. The molecule has 1 fully saturated rings. The summed E-state index contributed by atoms with van der Waals surface area (Å²) >= 11 is 1.68. The van der Waals surface area contributed by atoms with E-state index in [-0.39, 0.29) is 11.5 Å². The van der Waals surface area contributed by atoms with E-state index in [1.165, 1.54) is 4.90 Å². The average Bonchev–Trinajstić information content (AvgIpc) is 2.41. The van der Waals surface area contributed by atoms with Crippen LogP contribution >= 0.6 is 11.8 Å². The van der Waals surface area contributed by atoms with E-state index in [0.717, 1.165) is 5.69 Å². The Bertz CT molecular complexity index is 511. The molecule has 0 aromatic heterocycles. The molecule has 19 heavy (non-hydrogen) atoms. The van der Waals surface area contributed by atoms with Crippen molar-refractivity contribution in [1.29, 1.82) is 0 Å². The molecule has 106 valence electrons. The Morgan fingerprint density at radius 1 is 1.26 bits per heavy atom. The van der Waals surface area contributed by atoms with Gasteiger partial charge in [-0.2, -0.15) is 0 Å². The van der Waals surface area contributed by atoms with Crippen LogP contribution in [0.15, 0.2) is 29.2 Å². The number of hydrogen-bond donors (Lipinski definition) is 2. The molecule has 1 saturated heterocycles. The smallest absolute Gasteiger partial charge is 0.150 e. The minimum atomic E-state index is -2.94. The normalized spacial score (nSPS) is 20.9. The highest BCUT2D eigenvalue weighted by atomic mass is 32.2. The maximum atomic E-state index is 11.3. The molecule has 0 radical (unpaired) electrons. The first kappa shape index (κ1) is 14.7. The van der Waals surface area contributed by atoms with Crippen LogP contribution in [0.4, 0.5) is 5.69 Å². The lowest BCUT2D eigenvalue weighted by Crippen LogP contribution is -2.44. The first-order chi connectivity index (χ1) is 8.92. The predicted molar refractivity (Wildman–Crippen MR) is 79.6 cm³/mol. The Morgan fingerprint density at radius 2 is 1.84 bits per heavy atom. The lowest BCUT2D eigenvalue weighted by Gasteiger charge is -2.32. The maximum absolute atomic E-state index is 11.3. The second-order valence-corrected chi connectivity index (χ2v) is 8.14. The monoisotopic (exact) mass is 301 g/mol. The molecule has 1 aromatic carbocycles. The summed E-state index contributed by atoms with van der Waals surface area (Å²) in [6.07, 6.45) is 2.64. The van der Waals surface area contributed by atoms with Crippen molar-refractivity contribution >= 4 is 27.3 Å². The van der Waals surface area contributed by atoms with Crippen LogP contribution in [0.5, 0.6) is 0 Å². The molecule has 0 atom stereocenters. The number of thioether (sulfide) groups is 1. The summed E-state index contributed by atoms with van der Waals surface area (Å²) in [5.41, 5.74) is 0.0309. The van der Waals surface area contributed by atoms with Crippen molar-refractivity contribution in [2.24, 2.45) is 0 Å². The minimum absolute atomic E-state index is 0.0800. The Kier molecular flexibility index (Phi) is 4.43. The van der Waals surface area contributed by atoms with Gasteiger partial charge in [0, 0.05) is 17.1 Å². The van der Waals surface area contributed by atoms with E-state index < -0.39 is 15.4 Å². The first-order valence-electron chi connectivity index (χ1n) is 6.23. The Hall–Kier alpha value is -0.720. The Balaban J connectivity index is 1.91. The number of rotatable bonds is 4. The topological polar surface area (TPSA) is 66.4 Å². The molecule has 1 aliphatic heterocycles. The average molecular weight is 301 g/mol. The summed E-state index contributed by atoms with van der Waals surface area (Å²) in [5.74, 6) is 0.160. The van der Waals surface area contributed by atoms with Crippen molar-refractivity contribution in [2.45, 2.75) is 23.3 Å². The van der Waals surface area contributed by atoms with Gasteiger partial charge >= 0.3 is 0 Å². The van der Waals surface area contributed by atoms with Crippen molar-refractivity contribution in [3.63, 3.8) is 0 Å². The highest BCUT2D eigenvalue weighted by Gasteiger charge is 2.35. The van der Waals surface area contributed by atoms with Gasteiger partial charge in [0.05, 0.1) is 17.1 Å². The molecule has 0 spiro atoms. The van der Waals surface area contributed by atoms with Gasteiger partial charge in [-0.15, -0.1) is 11.8 Å². The van der Waals surface area contributed by atoms with Gasteiger partial charge in [0.25, 0.3) is 0 Å². The second kappa shape index (κ2) is 5.73. The lowest BCUT2D eigenvalue weighted by atomic mass is 9.97. The Morgan fingerprint density at radius 3 is 2.37 bits per heavy atom. The molecule has 0 saturated carbocycles. The zero-order valence-electron chi connectivity index (χ0n) is 10.9. The second-order valence-electron chi connectivity index (χ2n) is 4.96. The van der Waals surface area contributed by atoms with Crippen LogP contribution in [0.25, 0.3) is 0 Å². The van der Waals surface area contributed by atoms with Crippen molar-refractivity contribution in [3.8, 4) is 0 Å². The molecule has 0 unspecified atom stereocenters. The molecule has 6 heteroatoms. The van der Waals surface area contributed by atoms with E-state index in [4.69, 9.17) is 0 Å². The van der Waals surface area contributed by atoms with E-state index in [2.05, 4.69) is 5.32 Å². The van der Waals surface area contributed by atoms with E-state index in [9.17, 15) is 13.5 Å². The SMILES string of the molecule is CSc1ccc(NCC2(O)CCS(=O)(=O)CC2)cc1. The molecule has 1 aliphatic rings. The molecule has 0 amide bonds. The summed E-state index contributed by atoms with van der Waals surface area (Å²) in [4.78, 5) is 1.19. The van der Waals surface area contributed by atoms with E-state index in [0.29, 0.717) is 19.4 Å². The van der Waals surface area contributed by atoms with Gasteiger partial charge < -0.3 is 10.4 Å². The van der Waals surface area contributed by atoms with Crippen LogP contribution in [0.2, 0.25) is 0 Å². The minimum Gasteiger partial charge on any atom is -0.388 e. The largest absolute Gasteiger partial charge is 0.388 e. The third kappa shape index (κ3) is 4.12. The number of anilines is 1. The van der Waals surface area contributed by atoms with Crippen LogP contribution in [0.1, 0.15) is 12.8 Å². The summed E-state index contributed by atoms with van der Waals surface area (Å²) in [6.45, 7) is 0.390. The zero-order valence-corrected chi connectivity index (χ0v) is 12.6. The summed E-state index contributed by atoms with van der Waals surface area (Å²) in [7, 11) is -2.94. The fraction of sp³-hybridized carbons (Fsp3) is 0.538. The number of hydrogen-bond acceptors (Lipinski definition) is 5. The van der Waals surface area contributed by atoms with Gasteiger partial charge in [-0.3, -0.25) is 0 Å². The van der Waals surface area contributed by atoms with Gasteiger partial charge in [0.15, 0.2) is 9.84 Å². The van der Waals surface area contributed by atoms with Crippen molar-refractivity contribution in [2.75, 3.05) is 29.6 Å². The first-order valence-corrected chi connectivity index (χ1v) is 9.28. The maximum Gasteiger partial charge on any atom is 0.150 e. The molecule has 2 N–H and O–H groups in total. The van der Waals surface area contributed by atoms with Crippen LogP contribution in [-0.2, 0) is 9.84 Å².